The number of unbranched alkanes of at least 4 members (excludes halogenated alkanes) is 1. The van der Waals surface area contributed by atoms with Crippen molar-refractivity contribution in [3.8, 4) is 11.5 Å². The number of carbonyl (C=O) groups excluding carboxylic acids is 1. The third-order valence-corrected chi connectivity index (χ3v) is 5.74. The van der Waals surface area contributed by atoms with Gasteiger partial charge in [-0.05, 0) is 32.5 Å². The van der Waals surface area contributed by atoms with Crippen molar-refractivity contribution in [2.24, 2.45) is 0 Å². The van der Waals surface area contributed by atoms with Gasteiger partial charge in [-0.15, -0.1) is 11.3 Å². The summed E-state index contributed by atoms with van der Waals surface area (Å²) < 4.78 is 11.4. The van der Waals surface area contributed by atoms with Crippen LogP contribution in [-0.2, 0) is 13.0 Å². The molecule has 8 heteroatoms. The van der Waals surface area contributed by atoms with Crippen molar-refractivity contribution in [1.82, 2.24) is 9.88 Å². The lowest BCUT2D eigenvalue weighted by molar-refractivity contribution is 0.102. The third kappa shape index (κ3) is 4.96. The van der Waals surface area contributed by atoms with Crippen molar-refractivity contribution < 1.29 is 14.3 Å². The molecular weight excluding hydrogens is 398 g/mol. The molecule has 152 valence electrons. The second-order valence-corrected chi connectivity index (χ2v) is 8.24. The van der Waals surface area contributed by atoms with Crippen LogP contribution in [0.15, 0.2) is 12.1 Å². The number of thiazole rings is 1. The lowest BCUT2D eigenvalue weighted by atomic mass is 10.2. The quantitative estimate of drug-likeness (QED) is 0.628. The van der Waals surface area contributed by atoms with E-state index in [0.29, 0.717) is 40.4 Å². The maximum absolute atomic E-state index is 12.8. The predicted octanol–water partition coefficient (Wildman–Crippen LogP) is 4.61. The highest BCUT2D eigenvalue weighted by atomic mass is 35.5. The van der Waals surface area contributed by atoms with Crippen LogP contribution in [0.4, 0.5) is 5.13 Å². The van der Waals surface area contributed by atoms with Gasteiger partial charge >= 0.3 is 0 Å². The summed E-state index contributed by atoms with van der Waals surface area (Å²) in [5.41, 5.74) is 1.49. The van der Waals surface area contributed by atoms with E-state index < -0.39 is 0 Å². The van der Waals surface area contributed by atoms with Crippen LogP contribution in [0, 0.1) is 0 Å². The van der Waals surface area contributed by atoms with E-state index >= 15 is 0 Å². The van der Waals surface area contributed by atoms with E-state index in [9.17, 15) is 4.79 Å². The van der Waals surface area contributed by atoms with Gasteiger partial charge in [0.05, 0.1) is 23.9 Å². The van der Waals surface area contributed by atoms with E-state index in [-0.39, 0.29) is 5.91 Å². The van der Waals surface area contributed by atoms with Crippen molar-refractivity contribution >= 4 is 34.0 Å². The molecule has 2 heterocycles. The average Bonchev–Trinajstić information content (AvgIpc) is 3.05. The largest absolute Gasteiger partial charge is 0.490 e. The molecule has 0 spiro atoms. The SMILES string of the molecule is CCCCOc1c(Cl)cc(C(=O)Nc2nc3c(s2)CN(C)CC3)cc1OCC. The first-order chi connectivity index (χ1) is 13.5. The van der Waals surface area contributed by atoms with Gasteiger partial charge in [0.1, 0.15) is 0 Å². The number of rotatable bonds is 8. The third-order valence-electron chi connectivity index (χ3n) is 4.46. The molecule has 1 aliphatic heterocycles. The van der Waals surface area contributed by atoms with Gasteiger partial charge in [0, 0.05) is 30.0 Å². The zero-order chi connectivity index (χ0) is 20.1. The highest BCUT2D eigenvalue weighted by Gasteiger charge is 2.21. The number of likely N-dealkylation sites (N-methyl/N-ethyl adjacent to an activating group) is 1. The molecule has 0 radical (unpaired) electrons. The van der Waals surface area contributed by atoms with E-state index in [0.717, 1.165) is 38.0 Å². The number of nitrogens with zero attached hydrogens (tertiary/aromatic N) is 2. The van der Waals surface area contributed by atoms with E-state index in [1.807, 2.05) is 6.92 Å². The van der Waals surface area contributed by atoms with Gasteiger partial charge in [-0.25, -0.2) is 4.98 Å². The molecule has 0 saturated heterocycles. The molecule has 3 rings (SSSR count). The number of halogens is 1. The normalized spacial score (nSPS) is 13.9. The van der Waals surface area contributed by atoms with Gasteiger partial charge in [0.25, 0.3) is 5.91 Å². The number of aromatic nitrogens is 1. The Morgan fingerprint density at radius 2 is 2.18 bits per heavy atom. The monoisotopic (exact) mass is 423 g/mol. The van der Waals surface area contributed by atoms with E-state index in [1.54, 1.807) is 12.1 Å². The zero-order valence-corrected chi connectivity index (χ0v) is 18.1. The van der Waals surface area contributed by atoms with E-state index in [2.05, 4.69) is 29.2 Å². The minimum atomic E-state index is -0.262. The molecule has 0 atom stereocenters. The van der Waals surface area contributed by atoms with Crippen molar-refractivity contribution in [2.45, 2.75) is 39.7 Å². The molecule has 0 unspecified atom stereocenters. The Morgan fingerprint density at radius 3 is 2.93 bits per heavy atom. The van der Waals surface area contributed by atoms with Crippen molar-refractivity contribution in [2.75, 3.05) is 32.1 Å². The summed E-state index contributed by atoms with van der Waals surface area (Å²) in [5.74, 6) is 0.708. The highest BCUT2D eigenvalue weighted by Crippen LogP contribution is 2.37. The first-order valence-electron chi connectivity index (χ1n) is 9.59. The summed E-state index contributed by atoms with van der Waals surface area (Å²) in [5, 5.41) is 3.87. The Labute approximate surface area is 174 Å². The van der Waals surface area contributed by atoms with Gasteiger partial charge in [-0.3, -0.25) is 10.1 Å². The molecule has 1 N–H and O–H groups in total. The van der Waals surface area contributed by atoms with E-state index in [1.165, 1.54) is 16.2 Å². The number of nitrogens with one attached hydrogen (secondary N) is 1. The molecule has 2 aromatic rings. The number of carbonyl (C=O) groups is 1. The summed E-state index contributed by atoms with van der Waals surface area (Å²) in [7, 11) is 2.09. The lowest BCUT2D eigenvalue weighted by Crippen LogP contribution is -2.25. The number of anilines is 1. The van der Waals surface area contributed by atoms with Gasteiger partial charge in [-0.2, -0.15) is 0 Å². The Hall–Kier alpha value is -1.83. The number of hydrogen-bond acceptors (Lipinski definition) is 6. The number of ether oxygens (including phenoxy) is 2. The molecule has 0 aliphatic carbocycles. The van der Waals surface area contributed by atoms with Crippen LogP contribution in [0.1, 0.15) is 47.6 Å². The second kappa shape index (κ2) is 9.58. The maximum Gasteiger partial charge on any atom is 0.257 e. The molecule has 0 fully saturated rings. The first-order valence-corrected chi connectivity index (χ1v) is 10.8. The minimum absolute atomic E-state index is 0.262. The molecule has 0 bridgehead atoms. The topological polar surface area (TPSA) is 63.7 Å². The summed E-state index contributed by atoms with van der Waals surface area (Å²) in [6, 6.07) is 3.29. The highest BCUT2D eigenvalue weighted by molar-refractivity contribution is 7.15. The van der Waals surface area contributed by atoms with Gasteiger partial charge in [0.2, 0.25) is 0 Å². The standard InChI is InChI=1S/C20H26ClN3O3S/c1-4-6-9-27-18-14(21)10-13(11-16(18)26-5-2)19(25)23-20-22-15-7-8-24(3)12-17(15)28-20/h10-11H,4-9,12H2,1-3H3,(H,22,23,25). The lowest BCUT2D eigenvalue weighted by Gasteiger charge is -2.20. The summed E-state index contributed by atoms with van der Waals surface area (Å²) in [4.78, 5) is 20.8. The Morgan fingerprint density at radius 1 is 1.36 bits per heavy atom. The first kappa shape index (κ1) is 20.9. The molecule has 6 nitrogen and oxygen atoms in total. The number of fused-ring (bicyclic) bond motifs is 1. The number of hydrogen-bond donors (Lipinski definition) is 1. The fourth-order valence-electron chi connectivity index (χ4n) is 2.97. The summed E-state index contributed by atoms with van der Waals surface area (Å²) in [6.45, 7) is 6.84. The fourth-order valence-corrected chi connectivity index (χ4v) is 4.32. The molecule has 1 aliphatic rings. The smallest absolute Gasteiger partial charge is 0.257 e. The van der Waals surface area contributed by atoms with Crippen LogP contribution in [0.5, 0.6) is 11.5 Å². The van der Waals surface area contributed by atoms with Gasteiger partial charge in [-0.1, -0.05) is 24.9 Å². The molecule has 1 aromatic carbocycles. The Bertz CT molecular complexity index is 840. The maximum atomic E-state index is 12.8. The van der Waals surface area contributed by atoms with Gasteiger partial charge in [0.15, 0.2) is 16.6 Å². The molecule has 28 heavy (non-hydrogen) atoms. The van der Waals surface area contributed by atoms with Crippen LogP contribution in [0.2, 0.25) is 5.02 Å². The number of amides is 1. The molecule has 0 saturated carbocycles. The Balaban J connectivity index is 1.77. The molecule has 1 aromatic heterocycles. The minimum Gasteiger partial charge on any atom is -0.490 e. The van der Waals surface area contributed by atoms with Crippen LogP contribution >= 0.6 is 22.9 Å². The Kier molecular flexibility index (Phi) is 7.15. The summed E-state index contributed by atoms with van der Waals surface area (Å²) in [6.07, 6.45) is 2.85. The van der Waals surface area contributed by atoms with Crippen LogP contribution in [0.25, 0.3) is 0 Å². The van der Waals surface area contributed by atoms with Crippen molar-refractivity contribution in [3.63, 3.8) is 0 Å². The molecule has 1 amide bonds. The van der Waals surface area contributed by atoms with Crippen LogP contribution in [0.3, 0.4) is 0 Å². The van der Waals surface area contributed by atoms with Crippen LogP contribution < -0.4 is 14.8 Å². The summed E-state index contributed by atoms with van der Waals surface area (Å²) >= 11 is 7.92. The predicted molar refractivity (Wildman–Crippen MR) is 113 cm³/mol. The van der Waals surface area contributed by atoms with Crippen molar-refractivity contribution in [3.05, 3.63) is 33.3 Å². The van der Waals surface area contributed by atoms with E-state index in [4.69, 9.17) is 21.1 Å². The van der Waals surface area contributed by atoms with Gasteiger partial charge < -0.3 is 14.4 Å². The average molecular weight is 424 g/mol. The second-order valence-electron chi connectivity index (χ2n) is 6.75. The van der Waals surface area contributed by atoms with Crippen molar-refractivity contribution in [1.29, 1.82) is 0 Å². The van der Waals surface area contributed by atoms with Crippen LogP contribution in [-0.4, -0.2) is 42.6 Å². The number of benzene rings is 1. The fraction of sp³-hybridized carbons (Fsp3) is 0.500. The zero-order valence-electron chi connectivity index (χ0n) is 16.5. The molecular formula is C20H26ClN3O3S.